The number of anilines is 3. The number of nitrogens with zero attached hydrogens (tertiary/aromatic N) is 3. The van der Waals surface area contributed by atoms with E-state index in [9.17, 15) is 0 Å². The first-order chi connectivity index (χ1) is 6.00. The van der Waals surface area contributed by atoms with E-state index in [1.165, 1.54) is 0 Å². The molecule has 0 atom stereocenters. The number of hydrogen-bond acceptors (Lipinski definition) is 5. The molecule has 0 bridgehead atoms. The average Bonchev–Trinajstić information content (AvgIpc) is 2.01. The summed E-state index contributed by atoms with van der Waals surface area (Å²) in [7, 11) is 1.94. The van der Waals surface area contributed by atoms with Crippen molar-refractivity contribution < 1.29 is 0 Å². The Morgan fingerprint density at radius 3 is 2.38 bits per heavy atom. The molecule has 13 heavy (non-hydrogen) atoms. The van der Waals surface area contributed by atoms with Crippen LogP contribution in [-0.4, -0.2) is 23.1 Å². The number of nitrogen functional groups attached to an aromatic ring is 2. The first kappa shape index (κ1) is 9.57. The Bertz CT molecular complexity index is 276. The Morgan fingerprint density at radius 1 is 1.31 bits per heavy atom. The van der Waals surface area contributed by atoms with Crippen molar-refractivity contribution in [1.29, 1.82) is 0 Å². The normalized spacial score (nSPS) is 10.5. The molecule has 0 spiro atoms. The minimum Gasteiger partial charge on any atom is -0.383 e. The average molecular weight is 181 g/mol. The molecule has 0 saturated carbocycles. The van der Waals surface area contributed by atoms with Crippen LogP contribution in [0, 0.1) is 0 Å². The number of hydrogen-bond donors (Lipinski definition) is 2. The summed E-state index contributed by atoms with van der Waals surface area (Å²) in [6.07, 6.45) is 0. The second kappa shape index (κ2) is 3.47. The number of rotatable bonds is 2. The number of aromatic nitrogens is 2. The van der Waals surface area contributed by atoms with Gasteiger partial charge in [-0.2, -0.15) is 9.97 Å². The Kier molecular flexibility index (Phi) is 2.55. The van der Waals surface area contributed by atoms with Gasteiger partial charge < -0.3 is 16.4 Å². The van der Waals surface area contributed by atoms with E-state index in [-0.39, 0.29) is 5.95 Å². The molecule has 0 saturated heterocycles. The van der Waals surface area contributed by atoms with Gasteiger partial charge in [0.2, 0.25) is 5.95 Å². The molecule has 0 aromatic carbocycles. The van der Waals surface area contributed by atoms with E-state index in [1.54, 1.807) is 6.07 Å². The van der Waals surface area contributed by atoms with Gasteiger partial charge in [-0.05, 0) is 13.8 Å². The van der Waals surface area contributed by atoms with Gasteiger partial charge in [0, 0.05) is 19.2 Å². The first-order valence-corrected chi connectivity index (χ1v) is 4.13. The minimum absolute atomic E-state index is 0.211. The second-order valence-electron chi connectivity index (χ2n) is 3.21. The monoisotopic (exact) mass is 181 g/mol. The quantitative estimate of drug-likeness (QED) is 0.693. The third-order valence-electron chi connectivity index (χ3n) is 1.89. The summed E-state index contributed by atoms with van der Waals surface area (Å²) in [5.41, 5.74) is 11.0. The highest BCUT2D eigenvalue weighted by molar-refractivity contribution is 5.50. The standard InChI is InChI=1S/C8H15N5/c1-5(2)13(3)7-4-6(9)11-8(10)12-7/h4-5H,1-3H3,(H4,9,10,11,12). The third-order valence-corrected chi connectivity index (χ3v) is 1.89. The minimum atomic E-state index is 0.211. The van der Waals surface area contributed by atoms with E-state index in [2.05, 4.69) is 23.8 Å². The van der Waals surface area contributed by atoms with Crippen LogP contribution in [0.1, 0.15) is 13.8 Å². The van der Waals surface area contributed by atoms with Gasteiger partial charge in [0.15, 0.2) is 0 Å². The maximum absolute atomic E-state index is 5.54. The Hall–Kier alpha value is -1.52. The first-order valence-electron chi connectivity index (χ1n) is 4.13. The zero-order valence-electron chi connectivity index (χ0n) is 8.15. The van der Waals surface area contributed by atoms with Crippen molar-refractivity contribution >= 4 is 17.6 Å². The van der Waals surface area contributed by atoms with Crippen molar-refractivity contribution in [2.75, 3.05) is 23.4 Å². The van der Waals surface area contributed by atoms with Crippen molar-refractivity contribution in [3.05, 3.63) is 6.07 Å². The fourth-order valence-corrected chi connectivity index (χ4v) is 0.917. The van der Waals surface area contributed by atoms with E-state index in [4.69, 9.17) is 11.5 Å². The molecular formula is C8H15N5. The van der Waals surface area contributed by atoms with Crippen LogP contribution in [-0.2, 0) is 0 Å². The molecule has 1 heterocycles. The van der Waals surface area contributed by atoms with Crippen molar-refractivity contribution in [3.8, 4) is 0 Å². The second-order valence-corrected chi connectivity index (χ2v) is 3.21. The summed E-state index contributed by atoms with van der Waals surface area (Å²) < 4.78 is 0. The van der Waals surface area contributed by atoms with Crippen LogP contribution in [0.15, 0.2) is 6.07 Å². The maximum atomic E-state index is 5.54. The topological polar surface area (TPSA) is 81.1 Å². The van der Waals surface area contributed by atoms with Gasteiger partial charge in [-0.3, -0.25) is 0 Å². The van der Waals surface area contributed by atoms with Gasteiger partial charge in [-0.15, -0.1) is 0 Å². The molecule has 0 fully saturated rings. The van der Waals surface area contributed by atoms with Gasteiger partial charge in [-0.1, -0.05) is 0 Å². The Morgan fingerprint density at radius 2 is 1.92 bits per heavy atom. The molecular weight excluding hydrogens is 166 g/mol. The summed E-state index contributed by atoms with van der Waals surface area (Å²) in [6.45, 7) is 4.13. The van der Waals surface area contributed by atoms with Crippen molar-refractivity contribution in [2.45, 2.75) is 19.9 Å². The smallest absolute Gasteiger partial charge is 0.223 e. The zero-order chi connectivity index (χ0) is 10.0. The lowest BCUT2D eigenvalue weighted by Gasteiger charge is -2.22. The highest BCUT2D eigenvalue weighted by Crippen LogP contribution is 2.15. The van der Waals surface area contributed by atoms with Gasteiger partial charge in [0.25, 0.3) is 0 Å². The summed E-state index contributed by atoms with van der Waals surface area (Å²) in [5, 5.41) is 0. The van der Waals surface area contributed by atoms with E-state index in [0.29, 0.717) is 11.9 Å². The summed E-state index contributed by atoms with van der Waals surface area (Å²) >= 11 is 0. The predicted octanol–water partition coefficient (Wildman–Crippen LogP) is 0.486. The molecule has 0 radical (unpaired) electrons. The maximum Gasteiger partial charge on any atom is 0.223 e. The van der Waals surface area contributed by atoms with E-state index in [1.807, 2.05) is 11.9 Å². The molecule has 0 amide bonds. The van der Waals surface area contributed by atoms with Gasteiger partial charge in [-0.25, -0.2) is 0 Å². The number of nitrogens with two attached hydrogens (primary N) is 2. The SMILES string of the molecule is CC(C)N(C)c1cc(N)nc(N)n1. The predicted molar refractivity (Wildman–Crippen MR) is 54.4 cm³/mol. The van der Waals surface area contributed by atoms with Crippen molar-refractivity contribution in [3.63, 3.8) is 0 Å². The lowest BCUT2D eigenvalue weighted by atomic mass is 10.3. The largest absolute Gasteiger partial charge is 0.383 e. The van der Waals surface area contributed by atoms with E-state index < -0.39 is 0 Å². The molecule has 72 valence electrons. The lowest BCUT2D eigenvalue weighted by Crippen LogP contribution is -2.27. The fraction of sp³-hybridized carbons (Fsp3) is 0.500. The Labute approximate surface area is 77.8 Å². The summed E-state index contributed by atoms with van der Waals surface area (Å²) in [5.74, 6) is 1.36. The van der Waals surface area contributed by atoms with E-state index >= 15 is 0 Å². The van der Waals surface area contributed by atoms with Crippen LogP contribution in [0.3, 0.4) is 0 Å². The molecule has 1 aromatic heterocycles. The van der Waals surface area contributed by atoms with Gasteiger partial charge >= 0.3 is 0 Å². The lowest BCUT2D eigenvalue weighted by molar-refractivity contribution is 0.743. The molecule has 1 aromatic rings. The zero-order valence-corrected chi connectivity index (χ0v) is 8.15. The molecule has 0 aliphatic carbocycles. The van der Waals surface area contributed by atoms with Crippen LogP contribution >= 0.6 is 0 Å². The van der Waals surface area contributed by atoms with Crippen LogP contribution < -0.4 is 16.4 Å². The highest BCUT2D eigenvalue weighted by atomic mass is 15.2. The molecule has 0 aliphatic heterocycles. The van der Waals surface area contributed by atoms with Crippen LogP contribution in [0.5, 0.6) is 0 Å². The van der Waals surface area contributed by atoms with Crippen LogP contribution in [0.2, 0.25) is 0 Å². The Balaban J connectivity index is 3.01. The molecule has 0 aliphatic rings. The summed E-state index contributed by atoms with van der Waals surface area (Å²) in [4.78, 5) is 9.84. The van der Waals surface area contributed by atoms with Gasteiger partial charge in [0.1, 0.15) is 11.6 Å². The van der Waals surface area contributed by atoms with Crippen LogP contribution in [0.25, 0.3) is 0 Å². The summed E-state index contributed by atoms with van der Waals surface area (Å²) in [6, 6.07) is 2.06. The molecule has 5 nitrogen and oxygen atoms in total. The fourth-order valence-electron chi connectivity index (χ4n) is 0.917. The van der Waals surface area contributed by atoms with Crippen molar-refractivity contribution in [2.24, 2.45) is 0 Å². The highest BCUT2D eigenvalue weighted by Gasteiger charge is 2.07. The molecule has 1 rings (SSSR count). The molecule has 5 heteroatoms. The van der Waals surface area contributed by atoms with Crippen LogP contribution in [0.4, 0.5) is 17.6 Å². The van der Waals surface area contributed by atoms with E-state index in [0.717, 1.165) is 5.82 Å². The van der Waals surface area contributed by atoms with Gasteiger partial charge in [0.05, 0.1) is 0 Å². The van der Waals surface area contributed by atoms with Crippen molar-refractivity contribution in [1.82, 2.24) is 9.97 Å². The molecule has 0 unspecified atom stereocenters. The third kappa shape index (κ3) is 2.21. The molecule has 4 N–H and O–H groups in total.